The second-order valence-electron chi connectivity index (χ2n) is 6.88. The van der Waals surface area contributed by atoms with Gasteiger partial charge in [-0.25, -0.2) is 9.38 Å². The predicted molar refractivity (Wildman–Crippen MR) is 136 cm³/mol. The number of carbonyl (C=O) groups is 1. The zero-order valence-electron chi connectivity index (χ0n) is 17.3. The lowest BCUT2D eigenvalue weighted by molar-refractivity contribution is -0.115. The molecule has 1 aliphatic rings. The molecule has 0 radical (unpaired) electrons. The number of hydrogen-bond donors (Lipinski definition) is 1. The van der Waals surface area contributed by atoms with Gasteiger partial charge in [-0.2, -0.15) is 0 Å². The van der Waals surface area contributed by atoms with Crippen LogP contribution in [0.2, 0.25) is 0 Å². The van der Waals surface area contributed by atoms with Crippen molar-refractivity contribution in [2.75, 3.05) is 7.11 Å². The summed E-state index contributed by atoms with van der Waals surface area (Å²) in [5, 5.41) is 2.98. The first-order valence-corrected chi connectivity index (χ1v) is 12.1. The second kappa shape index (κ2) is 10.5. The molecule has 1 heterocycles. The number of ether oxygens (including phenoxy) is 2. The summed E-state index contributed by atoms with van der Waals surface area (Å²) in [5.41, 5.74) is 1.91. The number of amidine groups is 1. The van der Waals surface area contributed by atoms with E-state index < -0.39 is 5.82 Å². The molecular weight excluding hydrogens is 575 g/mol. The summed E-state index contributed by atoms with van der Waals surface area (Å²) in [7, 11) is 1.56. The number of rotatable bonds is 6. The fourth-order valence-corrected chi connectivity index (χ4v) is 4.66. The molecule has 1 fully saturated rings. The first kappa shape index (κ1) is 23.5. The molecule has 1 saturated heterocycles. The molecule has 0 bridgehead atoms. The van der Waals surface area contributed by atoms with Crippen LogP contribution in [0.5, 0.6) is 11.5 Å². The Hall–Kier alpha value is -2.62. The van der Waals surface area contributed by atoms with Crippen molar-refractivity contribution in [3.63, 3.8) is 0 Å². The maximum atomic E-state index is 13.9. The fraction of sp³-hybridized carbons (Fsp3) is 0.0833. The Labute approximate surface area is 211 Å². The minimum Gasteiger partial charge on any atom is -0.493 e. The number of carbonyl (C=O) groups excluding carboxylic acids is 1. The summed E-state index contributed by atoms with van der Waals surface area (Å²) in [6.45, 7) is 0.372. The highest BCUT2D eigenvalue weighted by Crippen LogP contribution is 2.39. The smallest absolute Gasteiger partial charge is 0.264 e. The minimum atomic E-state index is -0.454. The summed E-state index contributed by atoms with van der Waals surface area (Å²) in [6.07, 6.45) is 1.72. The van der Waals surface area contributed by atoms with Crippen molar-refractivity contribution in [3.05, 3.63) is 91.5 Å². The van der Waals surface area contributed by atoms with Gasteiger partial charge >= 0.3 is 0 Å². The molecule has 0 atom stereocenters. The molecule has 1 N–H and O–H groups in total. The number of amides is 1. The Morgan fingerprint density at radius 3 is 2.61 bits per heavy atom. The monoisotopic (exact) mass is 590 g/mol. The normalized spacial score (nSPS) is 15.7. The van der Waals surface area contributed by atoms with Crippen LogP contribution in [0.25, 0.3) is 6.08 Å². The van der Waals surface area contributed by atoms with Gasteiger partial charge in [-0.05, 0) is 81.3 Å². The topological polar surface area (TPSA) is 59.9 Å². The molecule has 1 amide bonds. The Bertz CT molecular complexity index is 1260. The average Bonchev–Trinajstić information content (AvgIpc) is 3.14. The summed E-state index contributed by atoms with van der Waals surface area (Å²) in [5.74, 6) is 0.329. The van der Waals surface area contributed by atoms with Gasteiger partial charge in [0.15, 0.2) is 16.7 Å². The van der Waals surface area contributed by atoms with Crippen LogP contribution in [0.3, 0.4) is 0 Å². The molecule has 0 aliphatic carbocycles. The minimum absolute atomic E-state index is 0.165. The van der Waals surface area contributed by atoms with E-state index in [0.717, 1.165) is 27.4 Å². The number of benzene rings is 3. The number of nitrogens with zero attached hydrogens (tertiary/aromatic N) is 1. The maximum Gasteiger partial charge on any atom is 0.264 e. The number of halogens is 3. The molecule has 4 rings (SSSR count). The van der Waals surface area contributed by atoms with Crippen molar-refractivity contribution >= 4 is 66.5 Å². The predicted octanol–water partition coefficient (Wildman–Crippen LogP) is 6.83. The van der Waals surface area contributed by atoms with Gasteiger partial charge in [-0.1, -0.05) is 40.2 Å². The third kappa shape index (κ3) is 5.85. The van der Waals surface area contributed by atoms with E-state index in [4.69, 9.17) is 9.47 Å². The SMILES string of the molecule is COc1cc(/C=C2\SC(=Nc3ccccc3F)NC2=O)cc(Br)c1OCc1ccc(Br)cc1. The molecule has 0 spiro atoms. The zero-order chi connectivity index (χ0) is 23.4. The van der Waals surface area contributed by atoms with Gasteiger partial charge in [0.2, 0.25) is 0 Å². The van der Waals surface area contributed by atoms with Crippen molar-refractivity contribution in [1.29, 1.82) is 0 Å². The van der Waals surface area contributed by atoms with Crippen molar-refractivity contribution in [2.45, 2.75) is 6.61 Å². The fourth-order valence-electron chi connectivity index (χ4n) is 2.98. The van der Waals surface area contributed by atoms with E-state index in [-0.39, 0.29) is 11.6 Å². The van der Waals surface area contributed by atoms with Crippen LogP contribution in [0.1, 0.15) is 11.1 Å². The van der Waals surface area contributed by atoms with Crippen LogP contribution in [0, 0.1) is 5.82 Å². The summed E-state index contributed by atoms with van der Waals surface area (Å²) < 4.78 is 27.0. The van der Waals surface area contributed by atoms with Crippen LogP contribution in [0.15, 0.2) is 79.5 Å². The summed E-state index contributed by atoms with van der Waals surface area (Å²) in [6, 6.07) is 17.6. The van der Waals surface area contributed by atoms with Gasteiger partial charge in [-0.3, -0.25) is 4.79 Å². The molecule has 1 aliphatic heterocycles. The number of methoxy groups -OCH3 is 1. The van der Waals surface area contributed by atoms with E-state index in [0.29, 0.717) is 32.7 Å². The van der Waals surface area contributed by atoms with Crippen molar-refractivity contribution in [3.8, 4) is 11.5 Å². The van der Waals surface area contributed by atoms with Gasteiger partial charge in [-0.15, -0.1) is 0 Å². The zero-order valence-corrected chi connectivity index (χ0v) is 21.3. The molecule has 9 heteroatoms. The number of para-hydroxylation sites is 1. The molecule has 0 saturated carbocycles. The highest BCUT2D eigenvalue weighted by molar-refractivity contribution is 9.10. The largest absolute Gasteiger partial charge is 0.493 e. The van der Waals surface area contributed by atoms with E-state index in [1.54, 1.807) is 37.5 Å². The third-order valence-corrected chi connectivity index (χ3v) is 6.60. The van der Waals surface area contributed by atoms with Crippen molar-refractivity contribution in [1.82, 2.24) is 5.32 Å². The van der Waals surface area contributed by atoms with E-state index >= 15 is 0 Å². The highest BCUT2D eigenvalue weighted by Gasteiger charge is 2.24. The van der Waals surface area contributed by atoms with Crippen molar-refractivity contribution in [2.24, 2.45) is 4.99 Å². The summed E-state index contributed by atoms with van der Waals surface area (Å²) >= 11 is 8.10. The number of aliphatic imine (C=N–C) groups is 1. The maximum absolute atomic E-state index is 13.9. The van der Waals surface area contributed by atoms with Crippen LogP contribution in [0.4, 0.5) is 10.1 Å². The molecule has 168 valence electrons. The number of thioether (sulfide) groups is 1. The van der Waals surface area contributed by atoms with Gasteiger partial charge in [0, 0.05) is 4.47 Å². The quantitative estimate of drug-likeness (QED) is 0.319. The Balaban J connectivity index is 1.54. The average molecular weight is 592 g/mol. The molecule has 3 aromatic rings. The second-order valence-corrected chi connectivity index (χ2v) is 9.68. The number of hydrogen-bond acceptors (Lipinski definition) is 5. The highest BCUT2D eigenvalue weighted by atomic mass is 79.9. The van der Waals surface area contributed by atoms with Crippen LogP contribution in [-0.2, 0) is 11.4 Å². The third-order valence-electron chi connectivity index (χ3n) is 4.57. The van der Waals surface area contributed by atoms with Crippen LogP contribution in [-0.4, -0.2) is 18.2 Å². The summed E-state index contributed by atoms with van der Waals surface area (Å²) in [4.78, 5) is 17.0. The van der Waals surface area contributed by atoms with E-state index in [9.17, 15) is 9.18 Å². The van der Waals surface area contributed by atoms with Gasteiger partial charge in [0.1, 0.15) is 18.1 Å². The Kier molecular flexibility index (Phi) is 7.52. The lowest BCUT2D eigenvalue weighted by Crippen LogP contribution is -2.19. The van der Waals surface area contributed by atoms with Gasteiger partial charge in [0.05, 0.1) is 16.5 Å². The standard InChI is InChI=1S/C24H17Br2FN2O3S/c1-31-20-11-15(10-17(26)22(20)32-13-14-6-8-16(25)9-7-14)12-21-23(30)29-24(33-21)28-19-5-3-2-4-18(19)27/h2-12H,13H2,1H3,(H,28,29,30)/b21-12-. The van der Waals surface area contributed by atoms with Gasteiger partial charge < -0.3 is 14.8 Å². The first-order chi connectivity index (χ1) is 15.9. The Morgan fingerprint density at radius 1 is 1.12 bits per heavy atom. The Morgan fingerprint density at radius 2 is 1.88 bits per heavy atom. The van der Waals surface area contributed by atoms with E-state index in [2.05, 4.69) is 42.2 Å². The molecule has 5 nitrogen and oxygen atoms in total. The number of nitrogens with one attached hydrogen (secondary N) is 1. The van der Waals surface area contributed by atoms with Gasteiger partial charge in [0.25, 0.3) is 5.91 Å². The van der Waals surface area contributed by atoms with Crippen LogP contribution >= 0.6 is 43.6 Å². The molecule has 33 heavy (non-hydrogen) atoms. The first-order valence-electron chi connectivity index (χ1n) is 9.72. The van der Waals surface area contributed by atoms with Crippen LogP contribution < -0.4 is 14.8 Å². The molecular formula is C24H17Br2FN2O3S. The van der Waals surface area contributed by atoms with Crippen molar-refractivity contribution < 1.29 is 18.7 Å². The lowest BCUT2D eigenvalue weighted by Gasteiger charge is -2.14. The lowest BCUT2D eigenvalue weighted by atomic mass is 10.2. The molecule has 0 aromatic heterocycles. The van der Waals surface area contributed by atoms with E-state index in [1.807, 2.05) is 30.3 Å². The molecule has 3 aromatic carbocycles. The van der Waals surface area contributed by atoms with E-state index in [1.165, 1.54) is 6.07 Å². The molecule has 0 unspecified atom stereocenters.